The molecule has 0 spiro atoms. The molecule has 1 heterocycles. The Morgan fingerprint density at radius 2 is 2.30 bits per heavy atom. The molecular formula is C16H23NO3. The van der Waals surface area contributed by atoms with Crippen molar-refractivity contribution in [2.75, 3.05) is 20.2 Å². The molecule has 4 nitrogen and oxygen atoms in total. The minimum absolute atomic E-state index is 0.239. The predicted octanol–water partition coefficient (Wildman–Crippen LogP) is 1.54. The van der Waals surface area contributed by atoms with E-state index in [0.29, 0.717) is 13.0 Å². The summed E-state index contributed by atoms with van der Waals surface area (Å²) in [5.41, 5.74) is 2.59. The van der Waals surface area contributed by atoms with E-state index in [1.165, 1.54) is 18.2 Å². The number of ether oxygens (including phenoxy) is 1. The van der Waals surface area contributed by atoms with E-state index in [1.807, 2.05) is 4.90 Å². The first-order chi connectivity index (χ1) is 9.60. The molecule has 0 bridgehead atoms. The quantitative estimate of drug-likeness (QED) is 0.829. The van der Waals surface area contributed by atoms with Crippen LogP contribution in [0.5, 0.6) is 0 Å². The van der Waals surface area contributed by atoms with E-state index in [1.54, 1.807) is 0 Å². The second kappa shape index (κ2) is 6.86. The first-order valence-corrected chi connectivity index (χ1v) is 7.15. The summed E-state index contributed by atoms with van der Waals surface area (Å²) in [4.78, 5) is 13.7. The maximum absolute atomic E-state index is 11.7. The van der Waals surface area contributed by atoms with Crippen LogP contribution in [0, 0.1) is 6.92 Å². The lowest BCUT2D eigenvalue weighted by atomic mass is 10.1. The highest BCUT2D eigenvalue weighted by Crippen LogP contribution is 2.19. The highest BCUT2D eigenvalue weighted by Gasteiger charge is 2.36. The van der Waals surface area contributed by atoms with Crippen molar-refractivity contribution in [3.05, 3.63) is 35.4 Å². The Balaban J connectivity index is 1.85. The number of aliphatic hydroxyl groups excluding tert-OH is 1. The van der Waals surface area contributed by atoms with Crippen molar-refractivity contribution in [1.82, 2.24) is 4.90 Å². The lowest BCUT2D eigenvalue weighted by molar-refractivity contribution is -0.145. The summed E-state index contributed by atoms with van der Waals surface area (Å²) < 4.78 is 4.80. The molecule has 1 N–H and O–H groups in total. The molecule has 1 saturated heterocycles. The average molecular weight is 277 g/mol. The number of carbonyl (C=O) groups is 1. The van der Waals surface area contributed by atoms with Gasteiger partial charge >= 0.3 is 5.97 Å². The van der Waals surface area contributed by atoms with Crippen LogP contribution < -0.4 is 0 Å². The van der Waals surface area contributed by atoms with Gasteiger partial charge < -0.3 is 9.84 Å². The second-order valence-electron chi connectivity index (χ2n) is 5.52. The molecule has 1 aliphatic rings. The lowest BCUT2D eigenvalue weighted by Gasteiger charge is -2.21. The van der Waals surface area contributed by atoms with Gasteiger partial charge in [0.2, 0.25) is 0 Å². The van der Waals surface area contributed by atoms with E-state index in [9.17, 15) is 9.90 Å². The Hall–Kier alpha value is -1.39. The van der Waals surface area contributed by atoms with Gasteiger partial charge in [-0.2, -0.15) is 0 Å². The van der Waals surface area contributed by atoms with Gasteiger partial charge in [-0.1, -0.05) is 29.8 Å². The largest absolute Gasteiger partial charge is 0.468 e. The number of aliphatic hydroxyl groups is 1. The first kappa shape index (κ1) is 15.0. The van der Waals surface area contributed by atoms with Gasteiger partial charge in [-0.05, 0) is 31.9 Å². The van der Waals surface area contributed by atoms with Crippen LogP contribution in [0.15, 0.2) is 24.3 Å². The summed E-state index contributed by atoms with van der Waals surface area (Å²) in [6.45, 7) is 3.46. The number of benzene rings is 1. The van der Waals surface area contributed by atoms with Gasteiger partial charge in [-0.15, -0.1) is 0 Å². The molecular weight excluding hydrogens is 254 g/mol. The number of β-amino-alcohol motifs (C(OH)–C–C–N with tert-alkyl or cyclic N) is 1. The molecule has 0 saturated carbocycles. The third-order valence-electron chi connectivity index (χ3n) is 3.85. The van der Waals surface area contributed by atoms with Crippen molar-refractivity contribution in [3.8, 4) is 0 Å². The molecule has 0 amide bonds. The van der Waals surface area contributed by atoms with Crippen LogP contribution in [0.1, 0.15) is 24.0 Å². The highest BCUT2D eigenvalue weighted by atomic mass is 16.5. The number of methoxy groups -OCH3 is 1. The van der Waals surface area contributed by atoms with E-state index < -0.39 is 6.10 Å². The fourth-order valence-electron chi connectivity index (χ4n) is 2.86. The van der Waals surface area contributed by atoms with E-state index >= 15 is 0 Å². The van der Waals surface area contributed by atoms with Crippen molar-refractivity contribution in [3.63, 3.8) is 0 Å². The summed E-state index contributed by atoms with van der Waals surface area (Å²) in [6, 6.07) is 8.20. The number of hydrogen-bond acceptors (Lipinski definition) is 4. The average Bonchev–Trinajstić information content (AvgIpc) is 2.79. The molecule has 2 atom stereocenters. The standard InChI is InChI=1S/C16H23NO3/c1-12-5-3-6-13(9-12)7-4-8-17-11-14(18)10-15(17)16(19)20-2/h3,5-6,9,14-15,18H,4,7-8,10-11H2,1-2H3/t14-,15+/m0/s1. The highest BCUT2D eigenvalue weighted by molar-refractivity contribution is 5.76. The predicted molar refractivity (Wildman–Crippen MR) is 77.5 cm³/mol. The number of nitrogens with zero attached hydrogens (tertiary/aromatic N) is 1. The van der Waals surface area contributed by atoms with Crippen molar-refractivity contribution in [2.45, 2.75) is 38.3 Å². The molecule has 2 rings (SSSR count). The number of carbonyl (C=O) groups excluding carboxylic acids is 1. The van der Waals surface area contributed by atoms with Gasteiger partial charge in [0.25, 0.3) is 0 Å². The van der Waals surface area contributed by atoms with Crippen LogP contribution in [0.2, 0.25) is 0 Å². The number of hydrogen-bond donors (Lipinski definition) is 1. The Morgan fingerprint density at radius 1 is 1.50 bits per heavy atom. The molecule has 1 fully saturated rings. The van der Waals surface area contributed by atoms with Gasteiger partial charge in [0.05, 0.1) is 13.2 Å². The molecule has 0 unspecified atom stereocenters. The van der Waals surface area contributed by atoms with Crippen LogP contribution in [0.3, 0.4) is 0 Å². The molecule has 0 radical (unpaired) electrons. The Labute approximate surface area is 120 Å². The maximum atomic E-state index is 11.7. The fraction of sp³-hybridized carbons (Fsp3) is 0.562. The number of rotatable bonds is 5. The zero-order chi connectivity index (χ0) is 14.5. The van der Waals surface area contributed by atoms with Crippen molar-refractivity contribution in [1.29, 1.82) is 0 Å². The van der Waals surface area contributed by atoms with Crippen LogP contribution in [-0.4, -0.2) is 48.3 Å². The molecule has 1 aliphatic heterocycles. The molecule has 1 aromatic rings. The molecule has 110 valence electrons. The second-order valence-corrected chi connectivity index (χ2v) is 5.52. The Kier molecular flexibility index (Phi) is 5.15. The lowest BCUT2D eigenvalue weighted by Crippen LogP contribution is -2.37. The van der Waals surface area contributed by atoms with Crippen LogP contribution in [0.4, 0.5) is 0 Å². The smallest absolute Gasteiger partial charge is 0.323 e. The number of esters is 1. The summed E-state index contributed by atoms with van der Waals surface area (Å²) in [5.74, 6) is -0.239. The normalized spacial score (nSPS) is 22.9. The summed E-state index contributed by atoms with van der Waals surface area (Å²) in [6.07, 6.45) is 2.03. The van der Waals surface area contributed by atoms with Gasteiger partial charge in [0.1, 0.15) is 6.04 Å². The molecule has 0 aromatic heterocycles. The molecule has 20 heavy (non-hydrogen) atoms. The zero-order valence-corrected chi connectivity index (χ0v) is 12.2. The topological polar surface area (TPSA) is 49.8 Å². The number of aryl methyl sites for hydroxylation is 2. The summed E-state index contributed by atoms with van der Waals surface area (Å²) >= 11 is 0. The molecule has 1 aromatic carbocycles. The molecule has 4 heteroatoms. The van der Waals surface area contributed by atoms with Crippen molar-refractivity contribution >= 4 is 5.97 Å². The van der Waals surface area contributed by atoms with Crippen molar-refractivity contribution in [2.24, 2.45) is 0 Å². The van der Waals surface area contributed by atoms with E-state index in [-0.39, 0.29) is 12.0 Å². The van der Waals surface area contributed by atoms with Crippen LogP contribution in [0.25, 0.3) is 0 Å². The fourth-order valence-corrected chi connectivity index (χ4v) is 2.86. The summed E-state index contributed by atoms with van der Waals surface area (Å²) in [5, 5.41) is 9.72. The van der Waals surface area contributed by atoms with E-state index in [2.05, 4.69) is 31.2 Å². The summed E-state index contributed by atoms with van der Waals surface area (Å²) in [7, 11) is 1.40. The van der Waals surface area contributed by atoms with Gasteiger partial charge in [0, 0.05) is 13.0 Å². The Bertz CT molecular complexity index is 461. The third kappa shape index (κ3) is 3.81. The SMILES string of the molecule is COC(=O)[C@H]1C[C@H](O)CN1CCCc1cccc(C)c1. The van der Waals surface area contributed by atoms with E-state index in [4.69, 9.17) is 4.74 Å². The maximum Gasteiger partial charge on any atom is 0.323 e. The molecule has 0 aliphatic carbocycles. The number of likely N-dealkylation sites (tertiary alicyclic amines) is 1. The van der Waals surface area contributed by atoms with E-state index in [0.717, 1.165) is 19.4 Å². The van der Waals surface area contributed by atoms with Crippen LogP contribution >= 0.6 is 0 Å². The minimum Gasteiger partial charge on any atom is -0.468 e. The van der Waals surface area contributed by atoms with Gasteiger partial charge in [-0.3, -0.25) is 9.69 Å². The zero-order valence-electron chi connectivity index (χ0n) is 12.2. The third-order valence-corrected chi connectivity index (χ3v) is 3.85. The first-order valence-electron chi connectivity index (χ1n) is 7.15. The minimum atomic E-state index is -0.418. The monoisotopic (exact) mass is 277 g/mol. The van der Waals surface area contributed by atoms with Crippen LogP contribution in [-0.2, 0) is 16.0 Å². The van der Waals surface area contributed by atoms with Gasteiger partial charge in [0.15, 0.2) is 0 Å². The van der Waals surface area contributed by atoms with Gasteiger partial charge in [-0.25, -0.2) is 0 Å². The Morgan fingerprint density at radius 3 is 3.00 bits per heavy atom. The van der Waals surface area contributed by atoms with Crippen molar-refractivity contribution < 1.29 is 14.6 Å².